The van der Waals surface area contributed by atoms with E-state index >= 15 is 0 Å². The first-order valence-electron chi connectivity index (χ1n) is 12.8. The van der Waals surface area contributed by atoms with Crippen LogP contribution in [0, 0.1) is 5.82 Å². The van der Waals surface area contributed by atoms with Gasteiger partial charge in [-0.15, -0.1) is 0 Å². The van der Waals surface area contributed by atoms with Crippen molar-refractivity contribution in [3.8, 4) is 11.5 Å². The van der Waals surface area contributed by atoms with E-state index in [1.807, 2.05) is 25.1 Å². The van der Waals surface area contributed by atoms with E-state index < -0.39 is 22.5 Å². The Morgan fingerprint density at radius 2 is 1.70 bits per heavy atom. The van der Waals surface area contributed by atoms with E-state index in [4.69, 9.17) is 9.47 Å². The minimum atomic E-state index is -1.69. The normalized spacial score (nSPS) is 16.4. The lowest BCUT2D eigenvalue weighted by Gasteiger charge is -2.24. The number of carbonyl (C=O) groups excluding carboxylic acids is 2. The molecule has 202 valence electrons. The van der Waals surface area contributed by atoms with Crippen LogP contribution in [0.5, 0.6) is 11.5 Å². The largest absolute Gasteiger partial charge is 0.486 e. The number of carbonyl (C=O) groups is 2. The number of benzene rings is 4. The third-order valence-electron chi connectivity index (χ3n) is 6.97. The zero-order valence-electron chi connectivity index (χ0n) is 21.6. The highest BCUT2D eigenvalue weighted by Gasteiger charge is 2.32. The Morgan fingerprint density at radius 1 is 0.950 bits per heavy atom. The molecular weight excluding hydrogens is 531 g/mol. The van der Waals surface area contributed by atoms with Crippen molar-refractivity contribution in [2.75, 3.05) is 18.1 Å². The second-order valence-electron chi connectivity index (χ2n) is 9.53. The second-order valence-corrected chi connectivity index (χ2v) is 10.9. The molecule has 2 aliphatic rings. The first-order valence-corrected chi connectivity index (χ1v) is 14.0. The maximum atomic E-state index is 14.7. The Labute approximate surface area is 233 Å². The van der Waals surface area contributed by atoms with Crippen LogP contribution < -0.4 is 19.7 Å². The first-order chi connectivity index (χ1) is 19.4. The van der Waals surface area contributed by atoms with Crippen molar-refractivity contribution >= 4 is 28.3 Å². The molecule has 0 radical (unpaired) electrons. The molecule has 0 aliphatic carbocycles. The molecule has 9 heteroatoms. The fraction of sp³-hybridized carbons (Fsp3) is 0.161. The highest BCUT2D eigenvalue weighted by Crippen LogP contribution is 2.37. The third kappa shape index (κ3) is 4.73. The Hall–Kier alpha value is -4.50. The van der Waals surface area contributed by atoms with Crippen molar-refractivity contribution in [1.82, 2.24) is 5.32 Å². The number of nitrogens with zero attached hydrogens (tertiary/aromatic N) is 1. The molecule has 0 unspecified atom stereocenters. The summed E-state index contributed by atoms with van der Waals surface area (Å²) in [6, 6.07) is 22.7. The van der Waals surface area contributed by atoms with Crippen molar-refractivity contribution in [2.24, 2.45) is 0 Å². The second kappa shape index (κ2) is 10.6. The maximum Gasteiger partial charge on any atom is 0.259 e. The number of rotatable bonds is 5. The van der Waals surface area contributed by atoms with Gasteiger partial charge in [-0.3, -0.25) is 9.59 Å². The van der Waals surface area contributed by atoms with Crippen molar-refractivity contribution in [3.05, 3.63) is 113 Å². The number of hydrogen-bond acceptors (Lipinski definition) is 5. The lowest BCUT2D eigenvalue weighted by Crippen LogP contribution is -2.31. The molecule has 0 spiro atoms. The van der Waals surface area contributed by atoms with Crippen molar-refractivity contribution in [1.29, 1.82) is 0 Å². The predicted molar refractivity (Wildman–Crippen MR) is 148 cm³/mol. The molecule has 6 rings (SSSR count). The maximum absolute atomic E-state index is 14.7. The van der Waals surface area contributed by atoms with Crippen LogP contribution in [0.3, 0.4) is 0 Å². The zero-order chi connectivity index (χ0) is 27.8. The Morgan fingerprint density at radius 3 is 2.52 bits per heavy atom. The number of anilines is 1. The summed E-state index contributed by atoms with van der Waals surface area (Å²) >= 11 is 0. The molecule has 4 aromatic carbocycles. The number of hydrogen-bond donors (Lipinski definition) is 1. The van der Waals surface area contributed by atoms with Crippen LogP contribution in [0.25, 0.3) is 0 Å². The number of nitrogens with one attached hydrogen (secondary N) is 1. The summed E-state index contributed by atoms with van der Waals surface area (Å²) in [7, 11) is -1.69. The van der Waals surface area contributed by atoms with E-state index in [2.05, 4.69) is 5.32 Å². The predicted octanol–water partition coefficient (Wildman–Crippen LogP) is 5.42. The van der Waals surface area contributed by atoms with Gasteiger partial charge in [0.1, 0.15) is 19.0 Å². The molecule has 1 N–H and O–H groups in total. The molecule has 2 amide bonds. The van der Waals surface area contributed by atoms with Crippen LogP contribution in [0.2, 0.25) is 0 Å². The van der Waals surface area contributed by atoms with Gasteiger partial charge in [-0.2, -0.15) is 0 Å². The highest BCUT2D eigenvalue weighted by molar-refractivity contribution is 7.85. The summed E-state index contributed by atoms with van der Waals surface area (Å²) in [4.78, 5) is 29.3. The van der Waals surface area contributed by atoms with Gasteiger partial charge in [-0.1, -0.05) is 36.4 Å². The van der Waals surface area contributed by atoms with Crippen LogP contribution in [0.15, 0.2) is 94.7 Å². The van der Waals surface area contributed by atoms with Gasteiger partial charge < -0.3 is 19.7 Å². The first kappa shape index (κ1) is 25.8. The van der Waals surface area contributed by atoms with Crippen LogP contribution in [0.1, 0.15) is 44.8 Å². The standard InChI is InChI=1S/C31H25FN2O5S/c1-19(20-10-12-26-27(17-20)39-15-14-38-26)33-30(35)21-11-13-29-25(16-21)34(18-22-6-2-4-8-24(22)32)31(36)23-7-3-5-9-28(23)40(29)37/h2-13,16-17,19H,14-15,18H2,1H3,(H,33,35)/t19-,40+/m1/s1. The lowest BCUT2D eigenvalue weighted by molar-refractivity contribution is 0.0937. The summed E-state index contributed by atoms with van der Waals surface area (Å²) in [5, 5.41) is 2.98. The van der Waals surface area contributed by atoms with Crippen LogP contribution >= 0.6 is 0 Å². The van der Waals surface area contributed by atoms with Crippen molar-refractivity contribution in [2.45, 2.75) is 29.3 Å². The van der Waals surface area contributed by atoms with Gasteiger partial charge in [0.15, 0.2) is 11.5 Å². The Kier molecular flexibility index (Phi) is 6.81. The number of ether oxygens (including phenoxy) is 2. The van der Waals surface area contributed by atoms with Crippen molar-refractivity contribution < 1.29 is 27.7 Å². The fourth-order valence-corrected chi connectivity index (χ4v) is 6.20. The topological polar surface area (TPSA) is 84.9 Å². The summed E-state index contributed by atoms with van der Waals surface area (Å²) in [6.07, 6.45) is 0. The van der Waals surface area contributed by atoms with Gasteiger partial charge in [-0.05, 0) is 61.0 Å². The molecule has 0 fully saturated rings. The summed E-state index contributed by atoms with van der Waals surface area (Å²) < 4.78 is 39.5. The van der Waals surface area contributed by atoms with Crippen LogP contribution in [0.4, 0.5) is 10.1 Å². The number of halogens is 1. The van der Waals surface area contributed by atoms with E-state index in [0.717, 1.165) is 5.56 Å². The Balaban J connectivity index is 1.35. The van der Waals surface area contributed by atoms with Gasteiger partial charge >= 0.3 is 0 Å². The monoisotopic (exact) mass is 556 g/mol. The lowest BCUT2D eigenvalue weighted by atomic mass is 10.1. The molecular formula is C31H25FN2O5S. The summed E-state index contributed by atoms with van der Waals surface area (Å²) in [6.45, 7) is 2.71. The quantitative estimate of drug-likeness (QED) is 0.355. The summed E-state index contributed by atoms with van der Waals surface area (Å²) in [5.74, 6) is 0.0222. The van der Waals surface area contributed by atoms with E-state index in [-0.39, 0.29) is 29.6 Å². The Bertz CT molecular complexity index is 1670. The molecule has 2 heterocycles. The molecule has 0 bridgehead atoms. The zero-order valence-corrected chi connectivity index (χ0v) is 22.4. The van der Waals surface area contributed by atoms with Gasteiger partial charge in [0.05, 0.1) is 44.4 Å². The van der Waals surface area contributed by atoms with Gasteiger partial charge in [-0.25, -0.2) is 8.60 Å². The molecule has 2 aliphatic heterocycles. The molecule has 2 atom stereocenters. The van der Waals surface area contributed by atoms with Gasteiger partial charge in [0.2, 0.25) is 0 Å². The molecule has 0 saturated heterocycles. The molecule has 40 heavy (non-hydrogen) atoms. The minimum absolute atomic E-state index is 0.0945. The molecule has 0 saturated carbocycles. The van der Waals surface area contributed by atoms with Gasteiger partial charge in [0.25, 0.3) is 11.8 Å². The van der Waals surface area contributed by atoms with Crippen LogP contribution in [-0.4, -0.2) is 29.2 Å². The van der Waals surface area contributed by atoms with Gasteiger partial charge in [0, 0.05) is 11.1 Å². The fourth-order valence-electron chi connectivity index (χ4n) is 4.85. The van der Waals surface area contributed by atoms with E-state index in [1.165, 1.54) is 11.0 Å². The van der Waals surface area contributed by atoms with Crippen molar-refractivity contribution in [3.63, 3.8) is 0 Å². The van der Waals surface area contributed by atoms with E-state index in [1.54, 1.807) is 60.7 Å². The molecule has 4 aromatic rings. The third-order valence-corrected chi connectivity index (χ3v) is 8.47. The van der Waals surface area contributed by atoms with E-state index in [9.17, 15) is 18.2 Å². The average molecular weight is 557 g/mol. The summed E-state index contributed by atoms with van der Waals surface area (Å²) in [5.41, 5.74) is 1.97. The highest BCUT2D eigenvalue weighted by atomic mass is 32.2. The van der Waals surface area contributed by atoms with Crippen LogP contribution in [-0.2, 0) is 17.3 Å². The average Bonchev–Trinajstić information content (AvgIpc) is 3.07. The number of amides is 2. The van der Waals surface area contributed by atoms with E-state index in [0.29, 0.717) is 45.8 Å². The molecule has 7 nitrogen and oxygen atoms in total. The SMILES string of the molecule is C[C@@H](NC(=O)c1ccc2c(c1)N(Cc1ccccc1F)C(=O)c1ccccc1[S@@]2=O)c1ccc2c(c1)OCCO2. The number of fused-ring (bicyclic) bond motifs is 3. The smallest absolute Gasteiger partial charge is 0.259 e. The minimum Gasteiger partial charge on any atom is -0.486 e. The molecule has 0 aromatic heterocycles.